The lowest BCUT2D eigenvalue weighted by molar-refractivity contribution is -0.116. The Morgan fingerprint density at radius 1 is 1.53 bits per heavy atom. The van der Waals surface area contributed by atoms with Gasteiger partial charge in [-0.3, -0.25) is 4.79 Å². The van der Waals surface area contributed by atoms with Crippen LogP contribution in [0.25, 0.3) is 0 Å². The van der Waals surface area contributed by atoms with Crippen molar-refractivity contribution in [3.05, 3.63) is 5.01 Å². The van der Waals surface area contributed by atoms with Crippen molar-refractivity contribution in [1.29, 1.82) is 0 Å². The van der Waals surface area contributed by atoms with Gasteiger partial charge in [0.2, 0.25) is 11.0 Å². The van der Waals surface area contributed by atoms with Gasteiger partial charge in [0.05, 0.1) is 0 Å². The average Bonchev–Trinajstić information content (AvgIpc) is 2.63. The van der Waals surface area contributed by atoms with Crippen molar-refractivity contribution in [3.8, 4) is 0 Å². The van der Waals surface area contributed by atoms with Gasteiger partial charge in [-0.25, -0.2) is 0 Å². The summed E-state index contributed by atoms with van der Waals surface area (Å²) in [6.07, 6.45) is 3.49. The van der Waals surface area contributed by atoms with E-state index < -0.39 is 0 Å². The molecule has 0 saturated heterocycles. The SMILES string of the molecule is CCCCc1nnc(NC(=O)CCN)s1. The number of carbonyl (C=O) groups excluding carboxylic acids is 1. The van der Waals surface area contributed by atoms with Crippen molar-refractivity contribution in [2.45, 2.75) is 32.6 Å². The fourth-order valence-corrected chi connectivity index (χ4v) is 1.84. The van der Waals surface area contributed by atoms with E-state index in [-0.39, 0.29) is 5.91 Å². The van der Waals surface area contributed by atoms with Gasteiger partial charge in [-0.2, -0.15) is 0 Å². The largest absolute Gasteiger partial charge is 0.330 e. The van der Waals surface area contributed by atoms with Crippen LogP contribution in [-0.2, 0) is 11.2 Å². The molecule has 6 heteroatoms. The van der Waals surface area contributed by atoms with Gasteiger partial charge in [0.1, 0.15) is 5.01 Å². The molecule has 0 atom stereocenters. The molecule has 0 aliphatic carbocycles. The third-order valence-corrected chi connectivity index (χ3v) is 2.73. The Kier molecular flexibility index (Phi) is 5.20. The third-order valence-electron chi connectivity index (χ3n) is 1.83. The molecule has 1 heterocycles. The summed E-state index contributed by atoms with van der Waals surface area (Å²) in [6, 6.07) is 0. The molecule has 0 fully saturated rings. The number of rotatable bonds is 6. The lowest BCUT2D eigenvalue weighted by Crippen LogP contribution is -2.15. The fraction of sp³-hybridized carbons (Fsp3) is 0.667. The van der Waals surface area contributed by atoms with Crippen LogP contribution < -0.4 is 11.1 Å². The summed E-state index contributed by atoms with van der Waals surface area (Å²) >= 11 is 1.43. The van der Waals surface area contributed by atoms with Crippen molar-refractivity contribution in [1.82, 2.24) is 10.2 Å². The molecule has 1 aromatic rings. The minimum Gasteiger partial charge on any atom is -0.330 e. The number of aryl methyl sites for hydroxylation is 1. The Morgan fingerprint density at radius 2 is 2.33 bits per heavy atom. The van der Waals surface area contributed by atoms with Gasteiger partial charge in [0.15, 0.2) is 0 Å². The highest BCUT2D eigenvalue weighted by molar-refractivity contribution is 7.15. The predicted molar refractivity (Wildman–Crippen MR) is 60.8 cm³/mol. The first-order valence-corrected chi connectivity index (χ1v) is 5.90. The van der Waals surface area contributed by atoms with E-state index in [1.54, 1.807) is 0 Å². The van der Waals surface area contributed by atoms with Crippen LogP contribution in [0.1, 0.15) is 31.2 Å². The van der Waals surface area contributed by atoms with E-state index in [0.717, 1.165) is 24.3 Å². The zero-order valence-electron chi connectivity index (χ0n) is 8.82. The lowest BCUT2D eigenvalue weighted by Gasteiger charge is -1.96. The van der Waals surface area contributed by atoms with Gasteiger partial charge >= 0.3 is 0 Å². The number of hydrogen-bond donors (Lipinski definition) is 2. The molecule has 0 saturated carbocycles. The molecule has 0 aromatic carbocycles. The number of aromatic nitrogens is 2. The number of nitrogens with one attached hydrogen (secondary N) is 1. The molecule has 1 rings (SSSR count). The summed E-state index contributed by atoms with van der Waals surface area (Å²) in [5.74, 6) is -0.101. The second-order valence-corrected chi connectivity index (χ2v) is 4.25. The van der Waals surface area contributed by atoms with Crippen LogP contribution in [0.2, 0.25) is 0 Å². The molecule has 0 aliphatic rings. The monoisotopic (exact) mass is 228 g/mol. The fourth-order valence-electron chi connectivity index (χ4n) is 1.05. The van der Waals surface area contributed by atoms with Gasteiger partial charge in [-0.1, -0.05) is 24.7 Å². The van der Waals surface area contributed by atoms with Crippen LogP contribution in [0, 0.1) is 0 Å². The summed E-state index contributed by atoms with van der Waals surface area (Å²) in [5.41, 5.74) is 5.26. The van der Waals surface area contributed by atoms with E-state index in [9.17, 15) is 4.79 Å². The molecule has 0 radical (unpaired) electrons. The Labute approximate surface area is 93.1 Å². The second kappa shape index (κ2) is 6.47. The highest BCUT2D eigenvalue weighted by atomic mass is 32.1. The van der Waals surface area contributed by atoms with Crippen molar-refractivity contribution >= 4 is 22.4 Å². The summed E-state index contributed by atoms with van der Waals surface area (Å²) in [4.78, 5) is 11.2. The topological polar surface area (TPSA) is 80.9 Å². The molecule has 1 amide bonds. The highest BCUT2D eigenvalue weighted by Gasteiger charge is 2.06. The molecule has 0 unspecified atom stereocenters. The first-order valence-electron chi connectivity index (χ1n) is 5.08. The van der Waals surface area contributed by atoms with Crippen LogP contribution >= 0.6 is 11.3 Å². The maximum Gasteiger partial charge on any atom is 0.227 e. The molecule has 3 N–H and O–H groups in total. The van der Waals surface area contributed by atoms with Crippen LogP contribution in [0.3, 0.4) is 0 Å². The first kappa shape index (κ1) is 12.1. The minimum absolute atomic E-state index is 0.101. The maximum atomic E-state index is 11.2. The van der Waals surface area contributed by atoms with Crippen LogP contribution in [0.5, 0.6) is 0 Å². The summed E-state index contributed by atoms with van der Waals surface area (Å²) in [5, 5.41) is 12.1. The zero-order chi connectivity index (χ0) is 11.1. The van der Waals surface area contributed by atoms with Gasteiger partial charge < -0.3 is 11.1 Å². The standard InChI is InChI=1S/C9H16N4OS/c1-2-3-4-8-12-13-9(15-8)11-7(14)5-6-10/h2-6,10H2,1H3,(H,11,13,14). The molecule has 0 spiro atoms. The number of anilines is 1. The van der Waals surface area contributed by atoms with Crippen molar-refractivity contribution in [3.63, 3.8) is 0 Å². The average molecular weight is 228 g/mol. The molecule has 0 bridgehead atoms. The van der Waals surface area contributed by atoms with Crippen molar-refractivity contribution in [2.75, 3.05) is 11.9 Å². The van der Waals surface area contributed by atoms with Gasteiger partial charge in [0.25, 0.3) is 0 Å². The van der Waals surface area contributed by atoms with Crippen LogP contribution in [0.4, 0.5) is 5.13 Å². The number of carbonyl (C=O) groups is 1. The van der Waals surface area contributed by atoms with E-state index in [0.29, 0.717) is 18.1 Å². The Balaban J connectivity index is 2.42. The molecular formula is C9H16N4OS. The van der Waals surface area contributed by atoms with Crippen LogP contribution in [-0.4, -0.2) is 22.6 Å². The summed E-state index contributed by atoms with van der Waals surface area (Å²) in [7, 11) is 0. The predicted octanol–water partition coefficient (Wildman–Crippen LogP) is 1.17. The number of amides is 1. The molecule has 0 aliphatic heterocycles. The summed E-state index contributed by atoms with van der Waals surface area (Å²) < 4.78 is 0. The highest BCUT2D eigenvalue weighted by Crippen LogP contribution is 2.16. The lowest BCUT2D eigenvalue weighted by atomic mass is 10.3. The minimum atomic E-state index is -0.101. The van der Waals surface area contributed by atoms with E-state index in [1.165, 1.54) is 11.3 Å². The van der Waals surface area contributed by atoms with E-state index in [1.807, 2.05) is 0 Å². The van der Waals surface area contributed by atoms with Crippen molar-refractivity contribution in [2.24, 2.45) is 5.73 Å². The molecule has 84 valence electrons. The molecule has 15 heavy (non-hydrogen) atoms. The van der Waals surface area contributed by atoms with E-state index >= 15 is 0 Å². The number of nitrogens with two attached hydrogens (primary N) is 1. The molecule has 1 aromatic heterocycles. The Hall–Kier alpha value is -1.01. The van der Waals surface area contributed by atoms with Gasteiger partial charge in [-0.05, 0) is 6.42 Å². The normalized spacial score (nSPS) is 10.3. The van der Waals surface area contributed by atoms with Crippen molar-refractivity contribution < 1.29 is 4.79 Å². The Bertz CT molecular complexity index is 313. The molecule has 5 nitrogen and oxygen atoms in total. The quantitative estimate of drug-likeness (QED) is 0.765. The Morgan fingerprint density at radius 3 is 3.00 bits per heavy atom. The second-order valence-electron chi connectivity index (χ2n) is 3.19. The molecular weight excluding hydrogens is 212 g/mol. The zero-order valence-corrected chi connectivity index (χ0v) is 9.64. The number of unbranched alkanes of at least 4 members (excludes halogenated alkanes) is 1. The van der Waals surface area contributed by atoms with Gasteiger partial charge in [-0.15, -0.1) is 10.2 Å². The summed E-state index contributed by atoms with van der Waals surface area (Å²) in [6.45, 7) is 2.48. The number of nitrogens with zero attached hydrogens (tertiary/aromatic N) is 2. The van der Waals surface area contributed by atoms with E-state index in [2.05, 4.69) is 22.4 Å². The van der Waals surface area contributed by atoms with Gasteiger partial charge in [0, 0.05) is 19.4 Å². The number of hydrogen-bond acceptors (Lipinski definition) is 5. The smallest absolute Gasteiger partial charge is 0.227 e. The third kappa shape index (κ3) is 4.35. The maximum absolute atomic E-state index is 11.2. The first-order chi connectivity index (χ1) is 7.26. The van der Waals surface area contributed by atoms with Crippen LogP contribution in [0.15, 0.2) is 0 Å². The van der Waals surface area contributed by atoms with E-state index in [4.69, 9.17) is 5.73 Å².